The fourth-order valence-corrected chi connectivity index (χ4v) is 5.51. The first-order valence-corrected chi connectivity index (χ1v) is 13.3. The second-order valence-corrected chi connectivity index (χ2v) is 10.5. The molecule has 194 valence electrons. The molecular weight excluding hydrogens is 520 g/mol. The Balaban J connectivity index is 1.60. The molecule has 0 radical (unpaired) electrons. The zero-order chi connectivity index (χ0) is 27.4. The van der Waals surface area contributed by atoms with Crippen LogP contribution in [0.15, 0.2) is 81.1 Å². The van der Waals surface area contributed by atoms with Crippen LogP contribution >= 0.6 is 23.4 Å². The van der Waals surface area contributed by atoms with Crippen molar-refractivity contribution in [3.63, 3.8) is 0 Å². The number of nitrogens with zero attached hydrogens (tertiary/aromatic N) is 1. The number of hydrogen-bond donors (Lipinski definition) is 3. The van der Waals surface area contributed by atoms with E-state index in [2.05, 4.69) is 22.0 Å². The van der Waals surface area contributed by atoms with Crippen molar-refractivity contribution in [1.29, 1.82) is 5.26 Å². The summed E-state index contributed by atoms with van der Waals surface area (Å²) >= 11 is 7.10. The lowest BCUT2D eigenvalue weighted by molar-refractivity contribution is -0.114. The van der Waals surface area contributed by atoms with Crippen LogP contribution in [0.4, 0.5) is 11.4 Å². The first-order chi connectivity index (χ1) is 18.2. The number of furan rings is 1. The van der Waals surface area contributed by atoms with Gasteiger partial charge in [0.25, 0.3) is 5.91 Å². The molecule has 1 atom stereocenters. The Morgan fingerprint density at radius 2 is 1.76 bits per heavy atom. The normalized spacial score (nSPS) is 15.1. The summed E-state index contributed by atoms with van der Waals surface area (Å²) in [7, 11) is 0. The van der Waals surface area contributed by atoms with Gasteiger partial charge in [-0.2, -0.15) is 5.26 Å². The minimum Gasteiger partial charge on any atom is -0.468 e. The van der Waals surface area contributed by atoms with E-state index in [0.717, 1.165) is 22.4 Å². The van der Waals surface area contributed by atoms with Crippen LogP contribution in [0.3, 0.4) is 0 Å². The number of dihydropyridines is 1. The molecule has 3 N–H and O–H groups in total. The average Bonchev–Trinajstić information content (AvgIpc) is 3.40. The standard InChI is InChI=1S/C29H27ClN4O3S/c1-16-12-17(2)27(18(3)13-16)34-28(36)25-19(4)32-29(22(14-31)26(25)23-6-5-11-37-23)38-15-24(35)33-21-9-7-20(30)8-10-21/h5-13,26,32H,15H2,1-4H3,(H,33,35)(H,34,36). The molecular formula is C29H27ClN4O3S. The van der Waals surface area contributed by atoms with Crippen molar-refractivity contribution in [2.75, 3.05) is 16.4 Å². The lowest BCUT2D eigenvalue weighted by Gasteiger charge is -2.28. The summed E-state index contributed by atoms with van der Waals surface area (Å²) in [6.07, 6.45) is 1.51. The van der Waals surface area contributed by atoms with Gasteiger partial charge in [-0.15, -0.1) is 0 Å². The maximum Gasteiger partial charge on any atom is 0.254 e. The summed E-state index contributed by atoms with van der Waals surface area (Å²) in [5, 5.41) is 20.3. The Labute approximate surface area is 230 Å². The number of allylic oxidation sites excluding steroid dienone is 2. The fraction of sp³-hybridized carbons (Fsp3) is 0.207. The summed E-state index contributed by atoms with van der Waals surface area (Å²) in [5.41, 5.74) is 5.63. The quantitative estimate of drug-likeness (QED) is 0.309. The number of nitrogens with one attached hydrogen (secondary N) is 3. The van der Waals surface area contributed by atoms with Crippen LogP contribution in [0, 0.1) is 32.1 Å². The van der Waals surface area contributed by atoms with Crippen molar-refractivity contribution < 1.29 is 14.0 Å². The summed E-state index contributed by atoms with van der Waals surface area (Å²) in [5.74, 6) is -0.784. The third-order valence-electron chi connectivity index (χ3n) is 6.11. The first-order valence-electron chi connectivity index (χ1n) is 11.9. The fourth-order valence-electron chi connectivity index (χ4n) is 4.49. The Morgan fingerprint density at radius 3 is 2.37 bits per heavy atom. The van der Waals surface area contributed by atoms with Crippen LogP contribution in [0.25, 0.3) is 0 Å². The van der Waals surface area contributed by atoms with Gasteiger partial charge in [0, 0.05) is 22.1 Å². The van der Waals surface area contributed by atoms with Crippen molar-refractivity contribution in [2.24, 2.45) is 0 Å². The average molecular weight is 547 g/mol. The molecule has 2 heterocycles. The molecule has 1 aromatic heterocycles. The first kappa shape index (κ1) is 27.1. The smallest absolute Gasteiger partial charge is 0.254 e. The lowest BCUT2D eigenvalue weighted by atomic mass is 9.85. The predicted molar refractivity (Wildman–Crippen MR) is 152 cm³/mol. The molecule has 3 aromatic rings. The highest BCUT2D eigenvalue weighted by molar-refractivity contribution is 8.03. The summed E-state index contributed by atoms with van der Waals surface area (Å²) in [6, 6.07) is 16.5. The molecule has 38 heavy (non-hydrogen) atoms. The van der Waals surface area contributed by atoms with Crippen LogP contribution in [0.5, 0.6) is 0 Å². The monoisotopic (exact) mass is 546 g/mol. The minimum absolute atomic E-state index is 0.0532. The number of nitriles is 1. The zero-order valence-corrected chi connectivity index (χ0v) is 23.0. The number of anilines is 2. The van der Waals surface area contributed by atoms with Gasteiger partial charge in [-0.3, -0.25) is 9.59 Å². The molecule has 0 bridgehead atoms. The van der Waals surface area contributed by atoms with Gasteiger partial charge in [-0.25, -0.2) is 0 Å². The van der Waals surface area contributed by atoms with E-state index in [9.17, 15) is 14.9 Å². The Kier molecular flexibility index (Phi) is 8.30. The van der Waals surface area contributed by atoms with Crippen LogP contribution < -0.4 is 16.0 Å². The molecule has 0 spiro atoms. The van der Waals surface area contributed by atoms with Gasteiger partial charge >= 0.3 is 0 Å². The lowest BCUT2D eigenvalue weighted by Crippen LogP contribution is -2.31. The van der Waals surface area contributed by atoms with E-state index < -0.39 is 5.92 Å². The van der Waals surface area contributed by atoms with Crippen molar-refractivity contribution >= 4 is 46.6 Å². The number of hydrogen-bond acceptors (Lipinski definition) is 6. The van der Waals surface area contributed by atoms with E-state index in [1.54, 1.807) is 43.3 Å². The van der Waals surface area contributed by atoms with Gasteiger partial charge in [0.1, 0.15) is 5.76 Å². The number of carbonyl (C=O) groups is 2. The topological polar surface area (TPSA) is 107 Å². The number of amides is 2. The van der Waals surface area contributed by atoms with E-state index in [0.29, 0.717) is 38.3 Å². The molecule has 4 rings (SSSR count). The van der Waals surface area contributed by atoms with Crippen molar-refractivity contribution in [3.8, 4) is 6.07 Å². The summed E-state index contributed by atoms with van der Waals surface area (Å²) in [6.45, 7) is 7.69. The van der Waals surface area contributed by atoms with Crippen molar-refractivity contribution in [3.05, 3.63) is 104 Å². The number of carbonyl (C=O) groups excluding carboxylic acids is 2. The zero-order valence-electron chi connectivity index (χ0n) is 21.4. The van der Waals surface area contributed by atoms with E-state index >= 15 is 0 Å². The van der Waals surface area contributed by atoms with Gasteiger partial charge in [-0.05, 0) is 75.2 Å². The molecule has 1 aliphatic heterocycles. The van der Waals surface area contributed by atoms with Crippen molar-refractivity contribution in [1.82, 2.24) is 5.32 Å². The Bertz CT molecular complexity index is 1460. The highest BCUT2D eigenvalue weighted by atomic mass is 35.5. The second-order valence-electron chi connectivity index (χ2n) is 9.04. The molecule has 0 fully saturated rings. The third-order valence-corrected chi connectivity index (χ3v) is 7.38. The SMILES string of the molecule is CC1=C(C(=O)Nc2c(C)cc(C)cc2C)C(c2ccco2)C(C#N)=C(SCC(=O)Nc2ccc(Cl)cc2)N1. The molecule has 9 heteroatoms. The second kappa shape index (κ2) is 11.6. The van der Waals surface area contributed by atoms with Gasteiger partial charge in [0.2, 0.25) is 5.91 Å². The minimum atomic E-state index is -0.732. The van der Waals surface area contributed by atoms with Gasteiger partial charge in [0.05, 0.1) is 40.2 Å². The van der Waals surface area contributed by atoms with Crippen LogP contribution in [-0.2, 0) is 9.59 Å². The summed E-state index contributed by atoms with van der Waals surface area (Å²) in [4.78, 5) is 26.3. The molecule has 0 saturated heterocycles. The number of thioether (sulfide) groups is 1. The summed E-state index contributed by atoms with van der Waals surface area (Å²) < 4.78 is 5.68. The molecule has 1 aliphatic rings. The van der Waals surface area contributed by atoms with Crippen molar-refractivity contribution in [2.45, 2.75) is 33.6 Å². The predicted octanol–water partition coefficient (Wildman–Crippen LogP) is 6.56. The van der Waals surface area contributed by atoms with E-state index in [1.807, 2.05) is 32.9 Å². The van der Waals surface area contributed by atoms with Crippen LogP contribution in [-0.4, -0.2) is 17.6 Å². The van der Waals surface area contributed by atoms with E-state index in [4.69, 9.17) is 16.0 Å². The maximum absolute atomic E-state index is 13.7. The van der Waals surface area contributed by atoms with Gasteiger partial charge in [0.15, 0.2) is 0 Å². The third kappa shape index (κ3) is 5.96. The number of benzene rings is 2. The Hall–Kier alpha value is -3.93. The van der Waals surface area contributed by atoms with Gasteiger partial charge in [-0.1, -0.05) is 41.1 Å². The number of halogens is 1. The molecule has 7 nitrogen and oxygen atoms in total. The maximum atomic E-state index is 13.7. The molecule has 0 aliphatic carbocycles. The molecule has 1 unspecified atom stereocenters. The highest BCUT2D eigenvalue weighted by Gasteiger charge is 2.36. The Morgan fingerprint density at radius 1 is 1.08 bits per heavy atom. The molecule has 0 saturated carbocycles. The molecule has 2 amide bonds. The number of aryl methyl sites for hydroxylation is 3. The van der Waals surface area contributed by atoms with Crippen LogP contribution in [0.2, 0.25) is 5.02 Å². The van der Waals surface area contributed by atoms with Crippen LogP contribution in [0.1, 0.15) is 35.3 Å². The number of rotatable bonds is 7. The highest BCUT2D eigenvalue weighted by Crippen LogP contribution is 2.41. The van der Waals surface area contributed by atoms with E-state index in [-0.39, 0.29) is 17.6 Å². The van der Waals surface area contributed by atoms with Gasteiger partial charge < -0.3 is 20.4 Å². The molecule has 2 aromatic carbocycles. The largest absolute Gasteiger partial charge is 0.468 e. The van der Waals surface area contributed by atoms with E-state index in [1.165, 1.54) is 18.0 Å².